The lowest BCUT2D eigenvalue weighted by atomic mass is 10.1. The van der Waals surface area contributed by atoms with Gasteiger partial charge in [0.25, 0.3) is 5.91 Å². The first-order chi connectivity index (χ1) is 16.3. The van der Waals surface area contributed by atoms with E-state index in [2.05, 4.69) is 9.97 Å². The number of halogens is 1. The molecule has 7 nitrogen and oxygen atoms in total. The Balaban J connectivity index is 1.66. The Labute approximate surface area is 200 Å². The van der Waals surface area contributed by atoms with E-state index in [4.69, 9.17) is 4.74 Å². The number of nitrogens with zero attached hydrogens (tertiary/aromatic N) is 3. The van der Waals surface area contributed by atoms with Gasteiger partial charge in [-0.15, -0.1) is 0 Å². The summed E-state index contributed by atoms with van der Waals surface area (Å²) in [4.78, 5) is 36.8. The normalized spacial score (nSPS) is 10.9. The summed E-state index contributed by atoms with van der Waals surface area (Å²) in [6, 6.07) is 14.0. The van der Waals surface area contributed by atoms with Crippen LogP contribution in [0, 0.1) is 5.82 Å². The molecule has 0 unspecified atom stereocenters. The number of rotatable bonds is 8. The molecule has 0 radical (unpaired) electrons. The third kappa shape index (κ3) is 5.09. The van der Waals surface area contributed by atoms with Crippen molar-refractivity contribution in [1.82, 2.24) is 14.9 Å². The number of esters is 1. The average Bonchev–Trinajstić information content (AvgIpc) is 3.44. The summed E-state index contributed by atoms with van der Waals surface area (Å²) in [6.07, 6.45) is 2.47. The maximum Gasteiger partial charge on any atom is 0.304 e. The fourth-order valence-corrected chi connectivity index (χ4v) is 4.58. The van der Waals surface area contributed by atoms with E-state index in [0.29, 0.717) is 28.5 Å². The minimum Gasteiger partial charge on any atom is -0.444 e. The average molecular weight is 481 g/mol. The molecule has 0 aliphatic heterocycles. The van der Waals surface area contributed by atoms with E-state index in [-0.39, 0.29) is 18.3 Å². The van der Waals surface area contributed by atoms with Crippen LogP contribution >= 0.6 is 11.3 Å². The molecule has 2 aromatic heterocycles. The number of amides is 1. The van der Waals surface area contributed by atoms with Crippen LogP contribution in [0.15, 0.2) is 54.7 Å². The first-order valence-corrected chi connectivity index (χ1v) is 11.6. The highest BCUT2D eigenvalue weighted by Crippen LogP contribution is 2.35. The van der Waals surface area contributed by atoms with E-state index >= 15 is 0 Å². The molecule has 0 atom stereocenters. The van der Waals surface area contributed by atoms with Crippen molar-refractivity contribution in [2.75, 3.05) is 32.3 Å². The molecule has 0 saturated carbocycles. The zero-order valence-electron chi connectivity index (χ0n) is 19.2. The number of H-pyrrole nitrogens is 1. The predicted octanol–water partition coefficient (Wildman–Crippen LogP) is 4.70. The Hall–Kier alpha value is -3.72. The standard InChI is InChI=1S/C25H25FN4O3S/c1-16(31)33-15-30(12-11-18-14-27-21-10-5-4-9-20(18)21)24(32)22-23(34-25(28-22)29(2)3)17-7-6-8-19(26)13-17/h4-10,13-14,27H,11-12,15H2,1-3H3. The lowest BCUT2D eigenvalue weighted by Gasteiger charge is -2.21. The number of carbonyl (C=O) groups is 2. The van der Waals surface area contributed by atoms with Crippen LogP contribution < -0.4 is 4.90 Å². The van der Waals surface area contributed by atoms with Crippen molar-refractivity contribution in [3.8, 4) is 10.4 Å². The number of aromatic amines is 1. The molecular weight excluding hydrogens is 455 g/mol. The molecule has 176 valence electrons. The maximum atomic E-state index is 13.9. The lowest BCUT2D eigenvalue weighted by Crippen LogP contribution is -2.36. The number of hydrogen-bond acceptors (Lipinski definition) is 6. The number of thiazole rings is 1. The summed E-state index contributed by atoms with van der Waals surface area (Å²) < 4.78 is 19.1. The SMILES string of the molecule is CC(=O)OCN(CCc1c[nH]c2ccccc12)C(=O)c1nc(N(C)C)sc1-c1cccc(F)c1. The Morgan fingerprint density at radius 1 is 1.15 bits per heavy atom. The van der Waals surface area contributed by atoms with Crippen LogP contribution in [-0.2, 0) is 16.0 Å². The van der Waals surface area contributed by atoms with Crippen molar-refractivity contribution >= 4 is 39.2 Å². The van der Waals surface area contributed by atoms with E-state index in [9.17, 15) is 14.0 Å². The second-order valence-corrected chi connectivity index (χ2v) is 9.00. The van der Waals surface area contributed by atoms with Crippen LogP contribution in [0.25, 0.3) is 21.3 Å². The van der Waals surface area contributed by atoms with Gasteiger partial charge >= 0.3 is 5.97 Å². The first-order valence-electron chi connectivity index (χ1n) is 10.7. The van der Waals surface area contributed by atoms with Gasteiger partial charge in [0.05, 0.1) is 4.88 Å². The number of ether oxygens (including phenoxy) is 1. The van der Waals surface area contributed by atoms with Crippen molar-refractivity contribution in [3.05, 3.63) is 71.8 Å². The van der Waals surface area contributed by atoms with Crippen molar-refractivity contribution in [3.63, 3.8) is 0 Å². The van der Waals surface area contributed by atoms with Crippen molar-refractivity contribution in [2.24, 2.45) is 0 Å². The number of aromatic nitrogens is 2. The summed E-state index contributed by atoms with van der Waals surface area (Å²) in [5.41, 5.74) is 2.83. The summed E-state index contributed by atoms with van der Waals surface area (Å²) in [7, 11) is 3.66. The molecule has 4 rings (SSSR count). The van der Waals surface area contributed by atoms with Gasteiger partial charge in [0.1, 0.15) is 11.5 Å². The van der Waals surface area contributed by atoms with Crippen molar-refractivity contribution in [1.29, 1.82) is 0 Å². The monoisotopic (exact) mass is 480 g/mol. The molecule has 0 bridgehead atoms. The van der Waals surface area contributed by atoms with Crippen molar-refractivity contribution in [2.45, 2.75) is 13.3 Å². The predicted molar refractivity (Wildman–Crippen MR) is 132 cm³/mol. The van der Waals surface area contributed by atoms with E-state index in [0.717, 1.165) is 16.5 Å². The summed E-state index contributed by atoms with van der Waals surface area (Å²) in [6.45, 7) is 1.41. The second-order valence-electron chi connectivity index (χ2n) is 8.02. The summed E-state index contributed by atoms with van der Waals surface area (Å²) >= 11 is 1.31. The van der Waals surface area contributed by atoms with E-state index in [1.165, 1.54) is 35.3 Å². The lowest BCUT2D eigenvalue weighted by molar-refractivity contribution is -0.144. The molecule has 1 amide bonds. The van der Waals surface area contributed by atoms with Gasteiger partial charge in [-0.3, -0.25) is 9.59 Å². The summed E-state index contributed by atoms with van der Waals surface area (Å²) in [5, 5.41) is 1.69. The maximum absolute atomic E-state index is 13.9. The molecule has 0 saturated heterocycles. The molecule has 34 heavy (non-hydrogen) atoms. The van der Waals surface area contributed by atoms with Gasteiger partial charge < -0.3 is 19.5 Å². The van der Waals surface area contributed by atoms with Crippen molar-refractivity contribution < 1.29 is 18.7 Å². The van der Waals surface area contributed by atoms with Crippen LogP contribution in [-0.4, -0.2) is 54.1 Å². The van der Waals surface area contributed by atoms with Crippen LogP contribution in [0.2, 0.25) is 0 Å². The fraction of sp³-hybridized carbons (Fsp3) is 0.240. The van der Waals surface area contributed by atoms with Crippen LogP contribution in [0.3, 0.4) is 0 Å². The van der Waals surface area contributed by atoms with Crippen LogP contribution in [0.5, 0.6) is 0 Å². The van der Waals surface area contributed by atoms with Gasteiger partial charge in [0, 0.05) is 44.7 Å². The molecule has 0 spiro atoms. The molecule has 2 aromatic carbocycles. The number of anilines is 1. The largest absolute Gasteiger partial charge is 0.444 e. The first kappa shape index (κ1) is 23.4. The Kier molecular flexibility index (Phi) is 6.93. The second kappa shape index (κ2) is 10.0. The van der Waals surface area contributed by atoms with E-state index in [1.807, 2.05) is 44.6 Å². The number of hydrogen-bond donors (Lipinski definition) is 1. The number of fused-ring (bicyclic) bond motifs is 1. The highest BCUT2D eigenvalue weighted by atomic mass is 32.1. The number of carbonyl (C=O) groups excluding carboxylic acids is 2. The molecule has 0 aliphatic rings. The molecule has 4 aromatic rings. The third-order valence-corrected chi connectivity index (χ3v) is 6.60. The number of para-hydroxylation sites is 1. The van der Waals surface area contributed by atoms with Gasteiger partial charge in [-0.2, -0.15) is 0 Å². The molecule has 2 heterocycles. The zero-order chi connectivity index (χ0) is 24.2. The smallest absolute Gasteiger partial charge is 0.304 e. The quantitative estimate of drug-likeness (QED) is 0.292. The molecule has 9 heteroatoms. The van der Waals surface area contributed by atoms with E-state index < -0.39 is 11.8 Å². The number of benzene rings is 2. The minimum atomic E-state index is -0.484. The molecule has 0 aliphatic carbocycles. The fourth-order valence-electron chi connectivity index (χ4n) is 3.61. The highest BCUT2D eigenvalue weighted by Gasteiger charge is 2.26. The van der Waals surface area contributed by atoms with E-state index in [1.54, 1.807) is 17.0 Å². The third-order valence-electron chi connectivity index (χ3n) is 5.32. The molecule has 0 fully saturated rings. The van der Waals surface area contributed by atoms with Gasteiger partial charge in [-0.05, 0) is 35.7 Å². The Bertz CT molecular complexity index is 1330. The Morgan fingerprint density at radius 3 is 2.68 bits per heavy atom. The Morgan fingerprint density at radius 2 is 1.94 bits per heavy atom. The van der Waals surface area contributed by atoms with Gasteiger partial charge in [0.2, 0.25) is 0 Å². The van der Waals surface area contributed by atoms with Crippen LogP contribution in [0.4, 0.5) is 9.52 Å². The zero-order valence-corrected chi connectivity index (χ0v) is 20.0. The highest BCUT2D eigenvalue weighted by molar-refractivity contribution is 7.19. The molecular formula is C25H25FN4O3S. The van der Waals surface area contributed by atoms with Crippen LogP contribution in [0.1, 0.15) is 23.0 Å². The van der Waals surface area contributed by atoms with Gasteiger partial charge in [0.15, 0.2) is 11.9 Å². The van der Waals surface area contributed by atoms with Gasteiger partial charge in [-0.1, -0.05) is 41.7 Å². The molecule has 1 N–H and O–H groups in total. The summed E-state index contributed by atoms with van der Waals surface area (Å²) in [5.74, 6) is -1.26. The number of nitrogens with one attached hydrogen (secondary N) is 1. The topological polar surface area (TPSA) is 78.5 Å². The van der Waals surface area contributed by atoms with Gasteiger partial charge in [-0.25, -0.2) is 9.37 Å². The minimum absolute atomic E-state index is 0.199.